The van der Waals surface area contributed by atoms with E-state index in [0.29, 0.717) is 13.0 Å². The first-order valence-corrected chi connectivity index (χ1v) is 7.06. The van der Waals surface area contributed by atoms with Crippen molar-refractivity contribution in [2.75, 3.05) is 27.3 Å². The first-order chi connectivity index (χ1) is 10.5. The molecule has 0 radical (unpaired) electrons. The normalized spacial score (nSPS) is 18.0. The summed E-state index contributed by atoms with van der Waals surface area (Å²) in [7, 11) is 2.84. The lowest BCUT2D eigenvalue weighted by Crippen LogP contribution is -2.47. The molecule has 0 spiro atoms. The van der Waals surface area contributed by atoms with Gasteiger partial charge in [0.1, 0.15) is 11.7 Å². The number of rotatable bonds is 4. The van der Waals surface area contributed by atoms with E-state index in [1.54, 1.807) is 19.2 Å². The fraction of sp³-hybridized carbons (Fsp3) is 0.438. The van der Waals surface area contributed by atoms with Gasteiger partial charge in [0.05, 0.1) is 27.2 Å². The summed E-state index contributed by atoms with van der Waals surface area (Å²) in [5, 5.41) is 0. The van der Waals surface area contributed by atoms with E-state index in [-0.39, 0.29) is 24.7 Å². The molecule has 6 nitrogen and oxygen atoms in total. The average Bonchev–Trinajstić information content (AvgIpc) is 2.54. The molecule has 0 bridgehead atoms. The standard InChI is InChI=1S/C16H19NO5/c1-21-12-5-3-11(4-6-12)9-15(19)17-8-7-13(14(18)10-17)16(20)22-2/h3-6,13H,7-10H2,1-2H3. The molecule has 1 heterocycles. The highest BCUT2D eigenvalue weighted by molar-refractivity contribution is 6.02. The summed E-state index contributed by atoms with van der Waals surface area (Å²) in [4.78, 5) is 37.1. The van der Waals surface area contributed by atoms with E-state index in [0.717, 1.165) is 11.3 Å². The number of piperidine rings is 1. The maximum Gasteiger partial charge on any atom is 0.316 e. The van der Waals surface area contributed by atoms with Gasteiger partial charge in [-0.15, -0.1) is 0 Å². The Morgan fingerprint density at radius 3 is 2.45 bits per heavy atom. The minimum atomic E-state index is -0.741. The van der Waals surface area contributed by atoms with Crippen LogP contribution in [-0.4, -0.2) is 49.9 Å². The molecular formula is C16H19NO5. The molecule has 1 unspecified atom stereocenters. The number of likely N-dealkylation sites (tertiary alicyclic amines) is 1. The number of ether oxygens (including phenoxy) is 2. The zero-order chi connectivity index (χ0) is 16.1. The summed E-state index contributed by atoms with van der Waals surface area (Å²) >= 11 is 0. The Bertz CT molecular complexity index is 566. The molecule has 1 amide bonds. The first kappa shape index (κ1) is 16.0. The Hall–Kier alpha value is -2.37. The molecule has 6 heteroatoms. The number of hydrogen-bond acceptors (Lipinski definition) is 5. The van der Waals surface area contributed by atoms with Crippen LogP contribution in [0, 0.1) is 5.92 Å². The van der Waals surface area contributed by atoms with Crippen molar-refractivity contribution in [3.05, 3.63) is 29.8 Å². The van der Waals surface area contributed by atoms with Gasteiger partial charge in [-0.1, -0.05) is 12.1 Å². The van der Waals surface area contributed by atoms with E-state index in [2.05, 4.69) is 4.74 Å². The number of ketones is 1. The lowest BCUT2D eigenvalue weighted by molar-refractivity contribution is -0.154. The van der Waals surface area contributed by atoms with Gasteiger partial charge in [-0.25, -0.2) is 0 Å². The number of benzene rings is 1. The highest BCUT2D eigenvalue weighted by atomic mass is 16.5. The third kappa shape index (κ3) is 3.63. The largest absolute Gasteiger partial charge is 0.497 e. The second kappa shape index (κ2) is 7.06. The third-order valence-corrected chi connectivity index (χ3v) is 3.78. The van der Waals surface area contributed by atoms with Gasteiger partial charge in [-0.3, -0.25) is 14.4 Å². The molecule has 22 heavy (non-hydrogen) atoms. The van der Waals surface area contributed by atoms with E-state index in [4.69, 9.17) is 4.74 Å². The number of Topliss-reactive ketones (excluding diaryl/α,β-unsaturated/α-hetero) is 1. The van der Waals surface area contributed by atoms with Crippen LogP contribution in [0.4, 0.5) is 0 Å². The Balaban J connectivity index is 1.93. The van der Waals surface area contributed by atoms with Gasteiger partial charge in [0.25, 0.3) is 0 Å². The number of methoxy groups -OCH3 is 2. The first-order valence-electron chi connectivity index (χ1n) is 7.06. The number of carbonyl (C=O) groups excluding carboxylic acids is 3. The summed E-state index contributed by atoms with van der Waals surface area (Å²) in [6.45, 7) is 0.356. The maximum atomic E-state index is 12.2. The van der Waals surface area contributed by atoms with Crippen LogP contribution in [0.2, 0.25) is 0 Å². The van der Waals surface area contributed by atoms with Gasteiger partial charge in [0.15, 0.2) is 5.78 Å². The minimum absolute atomic E-state index is 0.0330. The fourth-order valence-corrected chi connectivity index (χ4v) is 2.46. The van der Waals surface area contributed by atoms with Crippen LogP contribution in [0.3, 0.4) is 0 Å². The summed E-state index contributed by atoms with van der Waals surface area (Å²) < 4.78 is 9.66. The van der Waals surface area contributed by atoms with Crippen LogP contribution < -0.4 is 4.74 Å². The molecule has 1 aromatic carbocycles. The second-order valence-electron chi connectivity index (χ2n) is 5.17. The smallest absolute Gasteiger partial charge is 0.316 e. The Morgan fingerprint density at radius 2 is 1.91 bits per heavy atom. The minimum Gasteiger partial charge on any atom is -0.497 e. The topological polar surface area (TPSA) is 72.9 Å². The van der Waals surface area contributed by atoms with Crippen LogP contribution >= 0.6 is 0 Å². The van der Waals surface area contributed by atoms with Crippen molar-refractivity contribution in [3.8, 4) is 5.75 Å². The third-order valence-electron chi connectivity index (χ3n) is 3.78. The fourth-order valence-electron chi connectivity index (χ4n) is 2.46. The molecule has 0 N–H and O–H groups in total. The lowest BCUT2D eigenvalue weighted by Gasteiger charge is -2.29. The number of nitrogens with zero attached hydrogens (tertiary/aromatic N) is 1. The van der Waals surface area contributed by atoms with Crippen molar-refractivity contribution in [1.29, 1.82) is 0 Å². The highest BCUT2D eigenvalue weighted by Crippen LogP contribution is 2.17. The number of carbonyl (C=O) groups is 3. The predicted octanol–water partition coefficient (Wildman–Crippen LogP) is 0.828. The van der Waals surface area contributed by atoms with Gasteiger partial charge in [-0.2, -0.15) is 0 Å². The van der Waals surface area contributed by atoms with Crippen LogP contribution in [-0.2, 0) is 25.5 Å². The molecule has 1 saturated heterocycles. The van der Waals surface area contributed by atoms with Crippen LogP contribution in [0.1, 0.15) is 12.0 Å². The van der Waals surface area contributed by atoms with E-state index < -0.39 is 11.9 Å². The van der Waals surface area contributed by atoms with E-state index in [1.165, 1.54) is 12.0 Å². The summed E-state index contributed by atoms with van der Waals surface area (Å²) in [5.74, 6) is -0.921. The van der Waals surface area contributed by atoms with Crippen molar-refractivity contribution >= 4 is 17.7 Å². The van der Waals surface area contributed by atoms with Gasteiger partial charge >= 0.3 is 5.97 Å². The second-order valence-corrected chi connectivity index (χ2v) is 5.17. The van der Waals surface area contributed by atoms with Gasteiger partial charge in [0.2, 0.25) is 5.91 Å². The van der Waals surface area contributed by atoms with Crippen LogP contribution in [0.25, 0.3) is 0 Å². The molecule has 2 rings (SSSR count). The van der Waals surface area contributed by atoms with Gasteiger partial charge in [-0.05, 0) is 24.1 Å². The average molecular weight is 305 g/mol. The molecule has 0 saturated carbocycles. The van der Waals surface area contributed by atoms with Crippen LogP contribution in [0.15, 0.2) is 24.3 Å². The highest BCUT2D eigenvalue weighted by Gasteiger charge is 2.34. The molecule has 0 aromatic heterocycles. The van der Waals surface area contributed by atoms with Gasteiger partial charge < -0.3 is 14.4 Å². The van der Waals surface area contributed by atoms with E-state index in [1.807, 2.05) is 12.1 Å². The quantitative estimate of drug-likeness (QED) is 0.608. The van der Waals surface area contributed by atoms with Crippen molar-refractivity contribution in [2.45, 2.75) is 12.8 Å². The molecule has 0 aliphatic carbocycles. The van der Waals surface area contributed by atoms with Gasteiger partial charge in [0, 0.05) is 6.54 Å². The van der Waals surface area contributed by atoms with Crippen molar-refractivity contribution in [1.82, 2.24) is 4.90 Å². The zero-order valence-electron chi connectivity index (χ0n) is 12.7. The maximum absolute atomic E-state index is 12.2. The Morgan fingerprint density at radius 1 is 1.23 bits per heavy atom. The molecule has 1 aliphatic heterocycles. The number of amides is 1. The molecule has 118 valence electrons. The number of esters is 1. The molecule has 1 atom stereocenters. The Labute approximate surface area is 129 Å². The Kier molecular flexibility index (Phi) is 5.14. The lowest BCUT2D eigenvalue weighted by atomic mass is 9.95. The SMILES string of the molecule is COC(=O)C1CCN(C(=O)Cc2ccc(OC)cc2)CC1=O. The monoisotopic (exact) mass is 305 g/mol. The molecular weight excluding hydrogens is 286 g/mol. The summed E-state index contributed by atoms with van der Waals surface area (Å²) in [6.07, 6.45) is 0.542. The number of hydrogen-bond donors (Lipinski definition) is 0. The van der Waals surface area contributed by atoms with Crippen molar-refractivity contribution < 1.29 is 23.9 Å². The van der Waals surface area contributed by atoms with Crippen molar-refractivity contribution in [3.63, 3.8) is 0 Å². The molecule has 1 aliphatic rings. The molecule has 1 fully saturated rings. The van der Waals surface area contributed by atoms with Crippen LogP contribution in [0.5, 0.6) is 5.75 Å². The van der Waals surface area contributed by atoms with E-state index in [9.17, 15) is 14.4 Å². The predicted molar refractivity (Wildman–Crippen MR) is 78.4 cm³/mol. The zero-order valence-corrected chi connectivity index (χ0v) is 12.7. The van der Waals surface area contributed by atoms with E-state index >= 15 is 0 Å². The summed E-state index contributed by atoms with van der Waals surface area (Å²) in [5.41, 5.74) is 0.855. The molecule has 1 aromatic rings. The van der Waals surface area contributed by atoms with Crippen molar-refractivity contribution in [2.24, 2.45) is 5.92 Å². The summed E-state index contributed by atoms with van der Waals surface area (Å²) in [6, 6.07) is 7.22.